The Morgan fingerprint density at radius 1 is 0.938 bits per heavy atom. The highest BCUT2D eigenvalue weighted by Gasteiger charge is 2.56. The van der Waals surface area contributed by atoms with Crippen molar-refractivity contribution in [2.24, 2.45) is 17.3 Å². The van der Waals surface area contributed by atoms with Gasteiger partial charge in [0.25, 0.3) is 5.91 Å². The van der Waals surface area contributed by atoms with Crippen LogP contribution in [0, 0.1) is 17.3 Å². The van der Waals surface area contributed by atoms with Crippen LogP contribution in [0.3, 0.4) is 0 Å². The number of rotatable bonds is 7. The van der Waals surface area contributed by atoms with Crippen molar-refractivity contribution in [2.75, 3.05) is 87.3 Å². The number of hydrogen-bond acceptors (Lipinski definition) is 10. The number of carbonyl (C=O) groups excluding carboxylic acids is 3. The van der Waals surface area contributed by atoms with Crippen molar-refractivity contribution in [3.8, 4) is 0 Å². The highest BCUT2D eigenvalue weighted by atomic mass is 32.1. The Balaban J connectivity index is 0.975. The topological polar surface area (TPSA) is 102 Å². The van der Waals surface area contributed by atoms with E-state index in [9.17, 15) is 14.4 Å². The number of likely N-dealkylation sites (N-methyl/N-ethyl adjacent to an activating group) is 1. The van der Waals surface area contributed by atoms with Crippen molar-refractivity contribution < 1.29 is 19.1 Å². The van der Waals surface area contributed by atoms with Gasteiger partial charge in [-0.15, -0.1) is 11.3 Å². The van der Waals surface area contributed by atoms with Gasteiger partial charge in [-0.1, -0.05) is 33.6 Å². The van der Waals surface area contributed by atoms with Crippen LogP contribution >= 0.6 is 11.3 Å². The minimum atomic E-state index is -0.650. The number of nitrogens with one attached hydrogen (secondary N) is 1. The maximum Gasteiger partial charge on any atom is 0.251 e. The number of Topliss-reactive ketones (excluding diaryl/α,β-unsaturated/α-hetero) is 1. The molecule has 1 N–H and O–H groups in total. The molecule has 4 atom stereocenters. The number of carbonyl (C=O) groups is 3. The van der Waals surface area contributed by atoms with Crippen LogP contribution in [0.2, 0.25) is 0 Å². The van der Waals surface area contributed by atoms with Gasteiger partial charge in [0.15, 0.2) is 10.9 Å². The van der Waals surface area contributed by atoms with Crippen LogP contribution in [0.4, 0.5) is 16.6 Å². The average Bonchev–Trinajstić information content (AvgIpc) is 3.90. The van der Waals surface area contributed by atoms with E-state index in [4.69, 9.17) is 9.72 Å². The molecule has 1 aliphatic carbocycles. The summed E-state index contributed by atoms with van der Waals surface area (Å²) in [5.74, 6) is 0.782. The molecule has 0 radical (unpaired) electrons. The molecule has 4 saturated heterocycles. The van der Waals surface area contributed by atoms with Gasteiger partial charge in [-0.3, -0.25) is 14.4 Å². The average molecular weight is 678 g/mol. The van der Waals surface area contributed by atoms with E-state index in [0.717, 1.165) is 94.7 Å². The van der Waals surface area contributed by atoms with E-state index in [1.165, 1.54) is 0 Å². The first-order valence-corrected chi connectivity index (χ1v) is 18.7. The fourth-order valence-corrected chi connectivity index (χ4v) is 9.18. The number of thiazole rings is 1. The van der Waals surface area contributed by atoms with Crippen molar-refractivity contribution in [1.82, 2.24) is 20.1 Å². The van der Waals surface area contributed by atoms with E-state index in [1.54, 1.807) is 16.2 Å². The highest BCUT2D eigenvalue weighted by molar-refractivity contribution is 7.14. The lowest BCUT2D eigenvalue weighted by molar-refractivity contribution is -0.139. The van der Waals surface area contributed by atoms with E-state index < -0.39 is 12.1 Å². The van der Waals surface area contributed by atoms with Crippen LogP contribution in [0.25, 0.3) is 0 Å². The normalized spacial score (nSPS) is 26.3. The molecule has 5 heterocycles. The lowest BCUT2D eigenvalue weighted by Gasteiger charge is -2.36. The first-order chi connectivity index (χ1) is 23.1. The number of likely N-dealkylation sites (tertiary alicyclic amines) is 1. The molecule has 5 fully saturated rings. The standard InChI is InChI=1S/C36H51N7O4S/c1-36(2,3)27-21-43(31-28(44)22-47-32(27)31)34(46)30(24-7-5-6-8-24)38-33(45)25-9-11-26(12-10-25)40-17-19-41(20-18-40)29-23-48-35(37-29)42-15-13-39(4)14-16-42/h9-12,23-24,27,30-32H,5-8,13-22H2,1-4H3,(H,38,45)/t27-,30-,31+,32+/m0/s1. The van der Waals surface area contributed by atoms with Crippen LogP contribution in [-0.4, -0.2) is 123 Å². The van der Waals surface area contributed by atoms with Crippen molar-refractivity contribution in [3.05, 3.63) is 35.2 Å². The molecule has 1 aromatic carbocycles. The summed E-state index contributed by atoms with van der Waals surface area (Å²) in [5, 5.41) is 6.44. The number of benzene rings is 1. The van der Waals surface area contributed by atoms with E-state index in [0.29, 0.717) is 12.1 Å². The second-order valence-corrected chi connectivity index (χ2v) is 16.3. The fraction of sp³-hybridized carbons (Fsp3) is 0.667. The molecule has 48 heavy (non-hydrogen) atoms. The molecule has 4 aliphatic heterocycles. The number of aromatic nitrogens is 1. The van der Waals surface area contributed by atoms with E-state index in [-0.39, 0.29) is 47.6 Å². The Morgan fingerprint density at radius 3 is 2.25 bits per heavy atom. The minimum absolute atomic E-state index is 0.0324. The molecule has 0 spiro atoms. The van der Waals surface area contributed by atoms with Crippen LogP contribution in [0.1, 0.15) is 56.8 Å². The number of anilines is 3. The van der Waals surface area contributed by atoms with Crippen molar-refractivity contribution >= 4 is 45.6 Å². The van der Waals surface area contributed by atoms with Gasteiger partial charge in [0, 0.05) is 81.5 Å². The molecule has 2 amide bonds. The number of nitrogens with zero attached hydrogens (tertiary/aromatic N) is 6. The molecule has 0 unspecified atom stereocenters. The predicted octanol–water partition coefficient (Wildman–Crippen LogP) is 3.35. The largest absolute Gasteiger partial charge is 0.368 e. The molecule has 12 heteroatoms. The van der Waals surface area contributed by atoms with Crippen LogP contribution < -0.4 is 20.0 Å². The number of amides is 2. The van der Waals surface area contributed by atoms with E-state index in [1.807, 2.05) is 24.3 Å². The Labute approximate surface area is 288 Å². The maximum absolute atomic E-state index is 14.2. The Morgan fingerprint density at radius 2 is 1.58 bits per heavy atom. The molecule has 2 aromatic rings. The first-order valence-electron chi connectivity index (χ1n) is 17.8. The minimum Gasteiger partial charge on any atom is -0.368 e. The van der Waals surface area contributed by atoms with Gasteiger partial charge < -0.3 is 34.6 Å². The van der Waals surface area contributed by atoms with Crippen molar-refractivity contribution in [3.63, 3.8) is 0 Å². The Kier molecular flexibility index (Phi) is 9.42. The van der Waals surface area contributed by atoms with Gasteiger partial charge in [0.1, 0.15) is 24.5 Å². The summed E-state index contributed by atoms with van der Waals surface area (Å²) < 4.78 is 5.94. The summed E-state index contributed by atoms with van der Waals surface area (Å²) in [6.07, 6.45) is 3.61. The fourth-order valence-electron chi connectivity index (χ4n) is 8.29. The van der Waals surface area contributed by atoms with Crippen LogP contribution in [0.5, 0.6) is 0 Å². The Hall–Kier alpha value is -3.22. The van der Waals surface area contributed by atoms with Crippen molar-refractivity contribution in [1.29, 1.82) is 0 Å². The van der Waals surface area contributed by atoms with Gasteiger partial charge in [-0.25, -0.2) is 4.98 Å². The summed E-state index contributed by atoms with van der Waals surface area (Å²) in [6.45, 7) is 14.7. The SMILES string of the molecule is CN1CCN(c2nc(N3CCN(c4ccc(C(=O)N[C@H](C(=O)N5C[C@H](C(C)(C)C)[C@H]6OCC(=O)[C@H]65)C5CCCC5)cc4)CC3)cs2)CC1. The molecule has 1 saturated carbocycles. The maximum atomic E-state index is 14.2. The highest BCUT2D eigenvalue weighted by Crippen LogP contribution is 2.42. The zero-order valence-corrected chi connectivity index (χ0v) is 29.7. The predicted molar refractivity (Wildman–Crippen MR) is 189 cm³/mol. The number of hydrogen-bond donors (Lipinski definition) is 1. The molecular formula is C36H51N7O4S. The van der Waals surface area contributed by atoms with E-state index >= 15 is 0 Å². The van der Waals surface area contributed by atoms with E-state index in [2.05, 4.69) is 58.1 Å². The van der Waals surface area contributed by atoms with Gasteiger partial charge >= 0.3 is 0 Å². The third kappa shape index (κ3) is 6.67. The van der Waals surface area contributed by atoms with Gasteiger partial charge in [-0.05, 0) is 55.5 Å². The summed E-state index contributed by atoms with van der Waals surface area (Å²) in [5.41, 5.74) is 1.51. The Bertz CT molecular complexity index is 1470. The summed E-state index contributed by atoms with van der Waals surface area (Å²) in [6, 6.07) is 6.55. The number of ketones is 1. The van der Waals surface area contributed by atoms with Gasteiger partial charge in [0.05, 0.1) is 6.10 Å². The third-order valence-electron chi connectivity index (χ3n) is 11.4. The molecule has 260 valence electrons. The summed E-state index contributed by atoms with van der Waals surface area (Å²) in [4.78, 5) is 57.0. The van der Waals surface area contributed by atoms with Crippen LogP contribution in [-0.2, 0) is 14.3 Å². The zero-order valence-electron chi connectivity index (χ0n) is 28.9. The zero-order chi connectivity index (χ0) is 33.6. The summed E-state index contributed by atoms with van der Waals surface area (Å²) in [7, 11) is 2.17. The lowest BCUT2D eigenvalue weighted by Crippen LogP contribution is -2.54. The smallest absolute Gasteiger partial charge is 0.251 e. The molecular weight excluding hydrogens is 627 g/mol. The number of fused-ring (bicyclic) bond motifs is 1. The van der Waals surface area contributed by atoms with Gasteiger partial charge in [-0.2, -0.15) is 0 Å². The second-order valence-electron chi connectivity index (χ2n) is 15.4. The molecule has 0 bridgehead atoms. The molecule has 1 aromatic heterocycles. The summed E-state index contributed by atoms with van der Waals surface area (Å²) >= 11 is 1.74. The first kappa shape index (κ1) is 33.3. The third-order valence-corrected chi connectivity index (χ3v) is 12.2. The number of ether oxygens (including phenoxy) is 1. The monoisotopic (exact) mass is 677 g/mol. The van der Waals surface area contributed by atoms with Gasteiger partial charge in [0.2, 0.25) is 5.91 Å². The molecule has 7 rings (SSSR count). The lowest BCUT2D eigenvalue weighted by atomic mass is 9.78. The van der Waals surface area contributed by atoms with Crippen LogP contribution in [0.15, 0.2) is 29.6 Å². The number of piperazine rings is 2. The van der Waals surface area contributed by atoms with Crippen molar-refractivity contribution in [2.45, 2.75) is 64.6 Å². The second kappa shape index (κ2) is 13.6. The molecule has 5 aliphatic rings. The molecule has 11 nitrogen and oxygen atoms in total. The quantitative estimate of drug-likeness (QED) is 0.473.